The summed E-state index contributed by atoms with van der Waals surface area (Å²) in [6.45, 7) is 5.12. The lowest BCUT2D eigenvalue weighted by Gasteiger charge is -2.11. The molecule has 2 heterocycles. The van der Waals surface area contributed by atoms with Gasteiger partial charge in [-0.2, -0.15) is 10.2 Å². The fraction of sp³-hybridized carbons (Fsp3) is 0.571. The zero-order valence-electron chi connectivity index (χ0n) is 11.8. The van der Waals surface area contributed by atoms with Gasteiger partial charge >= 0.3 is 0 Å². The maximum absolute atomic E-state index is 4.74. The Bertz CT molecular complexity index is 562. The molecule has 0 saturated heterocycles. The van der Waals surface area contributed by atoms with Crippen molar-refractivity contribution in [2.45, 2.75) is 45.2 Å². The first kappa shape index (κ1) is 12.3. The van der Waals surface area contributed by atoms with Crippen LogP contribution in [0.1, 0.15) is 50.0 Å². The van der Waals surface area contributed by atoms with Crippen molar-refractivity contribution in [3.63, 3.8) is 0 Å². The van der Waals surface area contributed by atoms with Gasteiger partial charge in [-0.3, -0.25) is 9.36 Å². The van der Waals surface area contributed by atoms with Gasteiger partial charge in [-0.05, 0) is 32.8 Å². The van der Waals surface area contributed by atoms with Crippen LogP contribution in [-0.4, -0.2) is 19.6 Å². The lowest BCUT2D eigenvalue weighted by Crippen LogP contribution is -2.11. The molecule has 1 fully saturated rings. The molecule has 0 aromatic carbocycles. The van der Waals surface area contributed by atoms with Gasteiger partial charge in [0, 0.05) is 31.3 Å². The number of aromatic nitrogens is 4. The summed E-state index contributed by atoms with van der Waals surface area (Å²) in [5, 5.41) is 12.4. The van der Waals surface area contributed by atoms with Crippen molar-refractivity contribution in [2.24, 2.45) is 7.05 Å². The van der Waals surface area contributed by atoms with Gasteiger partial charge in [0.2, 0.25) is 0 Å². The number of rotatable bonds is 5. The average molecular weight is 259 g/mol. The smallest absolute Gasteiger partial charge is 0.148 e. The highest BCUT2D eigenvalue weighted by atomic mass is 15.3. The van der Waals surface area contributed by atoms with E-state index in [-0.39, 0.29) is 0 Å². The number of nitrogens with one attached hydrogen (secondary N) is 1. The van der Waals surface area contributed by atoms with E-state index in [0.717, 1.165) is 12.4 Å². The van der Waals surface area contributed by atoms with Crippen molar-refractivity contribution in [3.8, 4) is 0 Å². The molecule has 5 heteroatoms. The van der Waals surface area contributed by atoms with Gasteiger partial charge in [0.1, 0.15) is 5.82 Å². The van der Waals surface area contributed by atoms with E-state index in [1.807, 2.05) is 19.3 Å². The van der Waals surface area contributed by atoms with Gasteiger partial charge in [-0.25, -0.2) is 0 Å². The minimum atomic E-state index is 0.396. The Labute approximate surface area is 113 Å². The lowest BCUT2D eigenvalue weighted by atomic mass is 10.2. The molecule has 0 atom stereocenters. The standard InChI is InChI=1S/C14H21N5/c1-10(2)19-12(8-13(16-19)11-4-5-11)9-15-14-6-7-18(3)17-14/h6-8,10-11H,4-5,9H2,1-3H3,(H,15,17). The molecule has 1 aliphatic carbocycles. The largest absolute Gasteiger partial charge is 0.363 e. The predicted octanol–water partition coefficient (Wildman–Crippen LogP) is 2.69. The first-order valence-electron chi connectivity index (χ1n) is 6.95. The summed E-state index contributed by atoms with van der Waals surface area (Å²) in [6, 6.07) is 4.62. The Morgan fingerprint density at radius 1 is 1.37 bits per heavy atom. The first-order chi connectivity index (χ1) is 9.13. The zero-order chi connectivity index (χ0) is 13.4. The van der Waals surface area contributed by atoms with Crippen LogP contribution in [0.2, 0.25) is 0 Å². The summed E-state index contributed by atoms with van der Waals surface area (Å²) < 4.78 is 3.93. The van der Waals surface area contributed by atoms with Crippen LogP contribution in [-0.2, 0) is 13.6 Å². The van der Waals surface area contributed by atoms with Crippen molar-refractivity contribution < 1.29 is 0 Å². The van der Waals surface area contributed by atoms with Gasteiger partial charge in [-0.1, -0.05) is 0 Å². The maximum atomic E-state index is 4.74. The van der Waals surface area contributed by atoms with Crippen LogP contribution < -0.4 is 5.32 Å². The molecule has 102 valence electrons. The number of aryl methyl sites for hydroxylation is 1. The minimum Gasteiger partial charge on any atom is -0.363 e. The normalized spacial score (nSPS) is 15.2. The van der Waals surface area contributed by atoms with E-state index in [1.54, 1.807) is 4.68 Å². The fourth-order valence-corrected chi connectivity index (χ4v) is 2.30. The monoisotopic (exact) mass is 259 g/mol. The molecule has 0 radical (unpaired) electrons. The van der Waals surface area contributed by atoms with E-state index >= 15 is 0 Å². The summed E-state index contributed by atoms with van der Waals surface area (Å²) in [4.78, 5) is 0. The van der Waals surface area contributed by atoms with E-state index in [2.05, 4.69) is 35.0 Å². The highest BCUT2D eigenvalue weighted by molar-refractivity contribution is 5.33. The Hall–Kier alpha value is -1.78. The van der Waals surface area contributed by atoms with Gasteiger partial charge in [0.05, 0.1) is 17.9 Å². The molecule has 1 N–H and O–H groups in total. The summed E-state index contributed by atoms with van der Waals surface area (Å²) in [6.07, 6.45) is 4.53. The molecule has 0 amide bonds. The fourth-order valence-electron chi connectivity index (χ4n) is 2.30. The molecule has 2 aromatic heterocycles. The first-order valence-corrected chi connectivity index (χ1v) is 6.95. The molecule has 1 saturated carbocycles. The molecular formula is C14H21N5. The maximum Gasteiger partial charge on any atom is 0.148 e. The zero-order valence-corrected chi connectivity index (χ0v) is 11.8. The molecule has 19 heavy (non-hydrogen) atoms. The summed E-state index contributed by atoms with van der Waals surface area (Å²) in [7, 11) is 1.93. The second-order valence-corrected chi connectivity index (χ2v) is 5.60. The van der Waals surface area contributed by atoms with Crippen LogP contribution >= 0.6 is 0 Å². The van der Waals surface area contributed by atoms with E-state index in [0.29, 0.717) is 12.0 Å². The van der Waals surface area contributed by atoms with Crippen molar-refractivity contribution in [2.75, 3.05) is 5.32 Å². The second-order valence-electron chi connectivity index (χ2n) is 5.60. The average Bonchev–Trinajstić information content (AvgIpc) is 2.99. The van der Waals surface area contributed by atoms with E-state index < -0.39 is 0 Å². The Morgan fingerprint density at radius 2 is 2.16 bits per heavy atom. The van der Waals surface area contributed by atoms with Gasteiger partial charge in [-0.15, -0.1) is 0 Å². The number of nitrogens with zero attached hydrogens (tertiary/aromatic N) is 4. The molecule has 0 aliphatic heterocycles. The van der Waals surface area contributed by atoms with E-state index in [4.69, 9.17) is 5.10 Å². The van der Waals surface area contributed by atoms with Crippen molar-refractivity contribution in [1.82, 2.24) is 19.6 Å². The molecule has 2 aromatic rings. The number of hydrogen-bond donors (Lipinski definition) is 1. The summed E-state index contributed by atoms with van der Waals surface area (Å²) >= 11 is 0. The van der Waals surface area contributed by atoms with Crippen LogP contribution in [0.5, 0.6) is 0 Å². The summed E-state index contributed by atoms with van der Waals surface area (Å²) in [5.41, 5.74) is 2.49. The Kier molecular flexibility index (Phi) is 3.05. The Balaban J connectivity index is 1.75. The number of hydrogen-bond acceptors (Lipinski definition) is 3. The van der Waals surface area contributed by atoms with Crippen molar-refractivity contribution in [3.05, 3.63) is 29.7 Å². The molecule has 0 unspecified atom stereocenters. The van der Waals surface area contributed by atoms with Crippen LogP contribution in [0.3, 0.4) is 0 Å². The molecule has 0 spiro atoms. The second kappa shape index (κ2) is 4.72. The van der Waals surface area contributed by atoms with Crippen LogP contribution in [0, 0.1) is 0 Å². The van der Waals surface area contributed by atoms with E-state index in [9.17, 15) is 0 Å². The third-order valence-corrected chi connectivity index (χ3v) is 3.48. The molecule has 1 aliphatic rings. The topological polar surface area (TPSA) is 47.7 Å². The summed E-state index contributed by atoms with van der Waals surface area (Å²) in [5.74, 6) is 1.61. The van der Waals surface area contributed by atoms with E-state index in [1.165, 1.54) is 24.2 Å². The Morgan fingerprint density at radius 3 is 2.74 bits per heavy atom. The SMILES string of the molecule is CC(C)n1nc(C2CC2)cc1CNc1ccn(C)n1. The third-order valence-electron chi connectivity index (χ3n) is 3.48. The highest BCUT2D eigenvalue weighted by Crippen LogP contribution is 2.39. The molecule has 0 bridgehead atoms. The molecule has 3 rings (SSSR count). The number of anilines is 1. The lowest BCUT2D eigenvalue weighted by molar-refractivity contribution is 0.507. The molecule has 5 nitrogen and oxygen atoms in total. The van der Waals surface area contributed by atoms with Gasteiger partial charge in [0.15, 0.2) is 0 Å². The van der Waals surface area contributed by atoms with Gasteiger partial charge < -0.3 is 5.32 Å². The predicted molar refractivity (Wildman–Crippen MR) is 75.1 cm³/mol. The van der Waals surface area contributed by atoms with Crippen LogP contribution in [0.4, 0.5) is 5.82 Å². The van der Waals surface area contributed by atoms with Crippen LogP contribution in [0.25, 0.3) is 0 Å². The van der Waals surface area contributed by atoms with Gasteiger partial charge in [0.25, 0.3) is 0 Å². The quantitative estimate of drug-likeness (QED) is 0.898. The molecular weight excluding hydrogens is 238 g/mol. The highest BCUT2D eigenvalue weighted by Gasteiger charge is 2.27. The van der Waals surface area contributed by atoms with Crippen LogP contribution in [0.15, 0.2) is 18.3 Å². The minimum absolute atomic E-state index is 0.396. The third kappa shape index (κ3) is 2.64. The van der Waals surface area contributed by atoms with Crippen molar-refractivity contribution in [1.29, 1.82) is 0 Å². The van der Waals surface area contributed by atoms with Crippen molar-refractivity contribution >= 4 is 5.82 Å².